The zero-order chi connectivity index (χ0) is 30.9. The van der Waals surface area contributed by atoms with Crippen LogP contribution in [0.5, 0.6) is 0 Å². The van der Waals surface area contributed by atoms with Crippen molar-refractivity contribution < 1.29 is 14.4 Å². The highest BCUT2D eigenvalue weighted by Crippen LogP contribution is 2.33. The Hall–Kier alpha value is -3.46. The molecule has 6 nitrogen and oxygen atoms in total. The molecular formula is C32H25Cl4N3O3S. The number of carbonyl (C=O) groups excluding carboxylic acids is 3. The molecule has 0 aliphatic rings. The van der Waals surface area contributed by atoms with Gasteiger partial charge in [0.15, 0.2) is 0 Å². The number of nitrogens with one attached hydrogen (secondary N) is 3. The predicted octanol–water partition coefficient (Wildman–Crippen LogP) is 9.22. The monoisotopic (exact) mass is 671 g/mol. The molecule has 1 unspecified atom stereocenters. The first-order chi connectivity index (χ1) is 20.7. The average Bonchev–Trinajstić information content (AvgIpc) is 3.00. The van der Waals surface area contributed by atoms with Crippen LogP contribution in [0.25, 0.3) is 6.08 Å². The minimum atomic E-state index is -0.581. The summed E-state index contributed by atoms with van der Waals surface area (Å²) in [6.45, 7) is 1.90. The van der Waals surface area contributed by atoms with Gasteiger partial charge in [-0.05, 0) is 66.6 Å². The molecule has 3 amide bonds. The van der Waals surface area contributed by atoms with Crippen LogP contribution in [-0.2, 0) is 9.59 Å². The number of rotatable bonds is 10. The number of amides is 3. The molecule has 0 aliphatic carbocycles. The van der Waals surface area contributed by atoms with Gasteiger partial charge in [0.25, 0.3) is 11.8 Å². The third kappa shape index (κ3) is 8.78. The molecule has 0 aliphatic heterocycles. The Morgan fingerprint density at radius 2 is 1.47 bits per heavy atom. The van der Waals surface area contributed by atoms with E-state index >= 15 is 0 Å². The first kappa shape index (κ1) is 32.5. The molecule has 0 heterocycles. The molecule has 220 valence electrons. The standard InChI is InChI=1S/C32H25Cl4N3O3S/c1-2-27(32(42)38-25-16-8-15-24(34)29(25)36)43-22-13-7-12-21(18-22)37-31(41)26(17-20-11-6-14-23(33)28(20)35)39-30(40)19-9-4-3-5-10-19/h3-18,27H,2H2,1H3,(H,37,41)(H,38,42)(H,39,40)/b26-17+. The summed E-state index contributed by atoms with van der Waals surface area (Å²) in [6.07, 6.45) is 1.99. The van der Waals surface area contributed by atoms with Gasteiger partial charge in [0.2, 0.25) is 5.91 Å². The van der Waals surface area contributed by atoms with E-state index in [0.717, 1.165) is 4.90 Å². The number of halogens is 4. The lowest BCUT2D eigenvalue weighted by molar-refractivity contribution is -0.116. The largest absolute Gasteiger partial charge is 0.324 e. The normalized spacial score (nSPS) is 11.9. The third-order valence-corrected chi connectivity index (χ3v) is 9.06. The van der Waals surface area contributed by atoms with E-state index in [1.165, 1.54) is 17.8 Å². The number of hydrogen-bond donors (Lipinski definition) is 3. The highest BCUT2D eigenvalue weighted by atomic mass is 35.5. The van der Waals surface area contributed by atoms with Crippen LogP contribution < -0.4 is 16.0 Å². The number of carbonyl (C=O) groups is 3. The molecule has 11 heteroatoms. The molecule has 4 aromatic rings. The van der Waals surface area contributed by atoms with E-state index in [9.17, 15) is 14.4 Å². The van der Waals surface area contributed by atoms with Crippen LogP contribution in [0, 0.1) is 0 Å². The molecule has 3 N–H and O–H groups in total. The van der Waals surface area contributed by atoms with Crippen LogP contribution in [0.4, 0.5) is 11.4 Å². The summed E-state index contributed by atoms with van der Waals surface area (Å²) in [5.74, 6) is -1.29. The Morgan fingerprint density at radius 1 is 0.791 bits per heavy atom. The molecule has 4 rings (SSSR count). The van der Waals surface area contributed by atoms with Gasteiger partial charge in [0, 0.05) is 16.1 Å². The van der Waals surface area contributed by atoms with E-state index in [4.69, 9.17) is 46.4 Å². The van der Waals surface area contributed by atoms with Crippen LogP contribution in [0.2, 0.25) is 20.1 Å². The van der Waals surface area contributed by atoms with Gasteiger partial charge in [0.1, 0.15) is 5.70 Å². The molecule has 43 heavy (non-hydrogen) atoms. The number of anilines is 2. The maximum absolute atomic E-state index is 13.5. The van der Waals surface area contributed by atoms with E-state index in [1.807, 2.05) is 13.0 Å². The first-order valence-electron chi connectivity index (χ1n) is 13.0. The molecule has 0 aromatic heterocycles. The first-order valence-corrected chi connectivity index (χ1v) is 15.4. The summed E-state index contributed by atoms with van der Waals surface area (Å²) in [6, 6.07) is 25.6. The second kappa shape index (κ2) is 15.3. The van der Waals surface area contributed by atoms with E-state index in [1.54, 1.807) is 84.9 Å². The van der Waals surface area contributed by atoms with Gasteiger partial charge >= 0.3 is 0 Å². The molecule has 0 saturated heterocycles. The minimum absolute atomic E-state index is 0.0414. The maximum atomic E-state index is 13.5. The number of thioether (sulfide) groups is 1. The van der Waals surface area contributed by atoms with Crippen LogP contribution in [-0.4, -0.2) is 23.0 Å². The zero-order valence-corrected chi connectivity index (χ0v) is 26.5. The lowest BCUT2D eigenvalue weighted by Gasteiger charge is -2.17. The molecule has 4 aromatic carbocycles. The van der Waals surface area contributed by atoms with Gasteiger partial charge in [-0.15, -0.1) is 11.8 Å². The summed E-state index contributed by atoms with van der Waals surface area (Å²) < 4.78 is 0. The summed E-state index contributed by atoms with van der Waals surface area (Å²) in [5.41, 5.74) is 1.67. The minimum Gasteiger partial charge on any atom is -0.324 e. The van der Waals surface area contributed by atoms with E-state index in [-0.39, 0.29) is 21.6 Å². The summed E-state index contributed by atoms with van der Waals surface area (Å²) in [5, 5.41) is 9.04. The van der Waals surface area contributed by atoms with Crippen molar-refractivity contribution in [2.45, 2.75) is 23.5 Å². The molecule has 1 atom stereocenters. The lowest BCUT2D eigenvalue weighted by Crippen LogP contribution is -2.30. The number of benzene rings is 4. The van der Waals surface area contributed by atoms with Gasteiger partial charge in [-0.1, -0.05) is 95.8 Å². The summed E-state index contributed by atoms with van der Waals surface area (Å²) >= 11 is 26.2. The van der Waals surface area contributed by atoms with Crippen molar-refractivity contribution in [2.24, 2.45) is 0 Å². The third-order valence-electron chi connectivity index (χ3n) is 6.05. The van der Waals surface area contributed by atoms with Crippen molar-refractivity contribution in [1.82, 2.24) is 5.32 Å². The second-order valence-corrected chi connectivity index (χ2v) is 12.0. The Balaban J connectivity index is 1.53. The van der Waals surface area contributed by atoms with Gasteiger partial charge in [-0.2, -0.15) is 0 Å². The fraction of sp³-hybridized carbons (Fsp3) is 0.0938. The van der Waals surface area contributed by atoms with Gasteiger partial charge < -0.3 is 16.0 Å². The van der Waals surface area contributed by atoms with Gasteiger partial charge in [-0.25, -0.2) is 0 Å². The van der Waals surface area contributed by atoms with E-state index < -0.39 is 17.1 Å². The second-order valence-electron chi connectivity index (χ2n) is 9.11. The van der Waals surface area contributed by atoms with Crippen molar-refractivity contribution in [3.63, 3.8) is 0 Å². The van der Waals surface area contributed by atoms with Gasteiger partial charge in [0.05, 0.1) is 31.0 Å². The Kier molecular flexibility index (Phi) is 11.6. The quantitative estimate of drug-likeness (QED) is 0.116. The lowest BCUT2D eigenvalue weighted by atomic mass is 10.1. The van der Waals surface area contributed by atoms with Crippen LogP contribution in [0.3, 0.4) is 0 Å². The molecule has 0 radical (unpaired) electrons. The van der Waals surface area contributed by atoms with Crippen LogP contribution >= 0.6 is 58.2 Å². The van der Waals surface area contributed by atoms with Crippen LogP contribution in [0.15, 0.2) is 102 Å². The Bertz CT molecular complexity index is 1680. The maximum Gasteiger partial charge on any atom is 0.272 e. The summed E-state index contributed by atoms with van der Waals surface area (Å²) in [7, 11) is 0. The smallest absolute Gasteiger partial charge is 0.272 e. The predicted molar refractivity (Wildman–Crippen MR) is 178 cm³/mol. The molecular weight excluding hydrogens is 648 g/mol. The summed E-state index contributed by atoms with van der Waals surface area (Å²) in [4.78, 5) is 40.2. The SMILES string of the molecule is CCC(Sc1cccc(NC(=O)/C(=C\c2cccc(Cl)c2Cl)NC(=O)c2ccccc2)c1)C(=O)Nc1cccc(Cl)c1Cl. The highest BCUT2D eigenvalue weighted by Gasteiger charge is 2.21. The zero-order valence-electron chi connectivity index (χ0n) is 22.7. The molecule has 0 fully saturated rings. The van der Waals surface area contributed by atoms with E-state index in [2.05, 4.69) is 16.0 Å². The van der Waals surface area contributed by atoms with Crippen molar-refractivity contribution >= 4 is 93.3 Å². The highest BCUT2D eigenvalue weighted by molar-refractivity contribution is 8.00. The van der Waals surface area contributed by atoms with Crippen molar-refractivity contribution in [3.05, 3.63) is 128 Å². The Labute approximate surface area is 273 Å². The van der Waals surface area contributed by atoms with Gasteiger partial charge in [-0.3, -0.25) is 14.4 Å². The van der Waals surface area contributed by atoms with E-state index in [0.29, 0.717) is 39.0 Å². The number of hydrogen-bond acceptors (Lipinski definition) is 4. The fourth-order valence-electron chi connectivity index (χ4n) is 3.88. The molecule has 0 bridgehead atoms. The average molecular weight is 673 g/mol. The van der Waals surface area contributed by atoms with Crippen molar-refractivity contribution in [2.75, 3.05) is 10.6 Å². The van der Waals surface area contributed by atoms with Crippen molar-refractivity contribution in [3.8, 4) is 0 Å². The molecule has 0 saturated carbocycles. The Morgan fingerprint density at radius 3 is 2.19 bits per heavy atom. The molecule has 0 spiro atoms. The van der Waals surface area contributed by atoms with Crippen LogP contribution in [0.1, 0.15) is 29.3 Å². The fourth-order valence-corrected chi connectivity index (χ4v) is 5.60. The topological polar surface area (TPSA) is 87.3 Å². The van der Waals surface area contributed by atoms with Crippen molar-refractivity contribution in [1.29, 1.82) is 0 Å².